The molecule has 0 atom stereocenters. The van der Waals surface area contributed by atoms with Crippen LogP contribution in [0.3, 0.4) is 0 Å². The van der Waals surface area contributed by atoms with Gasteiger partial charge < -0.3 is 28.8 Å². The second-order valence-corrected chi connectivity index (χ2v) is 16.1. The minimum absolute atomic E-state index is 0. The Balaban J connectivity index is -0.000000240. The number of ketones is 6. The van der Waals surface area contributed by atoms with Gasteiger partial charge in [-0.15, -0.1) is 0 Å². The molecule has 0 aromatic carbocycles. The summed E-state index contributed by atoms with van der Waals surface area (Å²) in [6.45, 7) is 32.5. The van der Waals surface area contributed by atoms with Gasteiger partial charge in [0.05, 0.1) is 0 Å². The van der Waals surface area contributed by atoms with Gasteiger partial charge in [-0.05, 0) is 32.5 Å². The van der Waals surface area contributed by atoms with Crippen molar-refractivity contribution >= 4 is 34.7 Å². The molecule has 0 bridgehead atoms. The Labute approximate surface area is 275 Å². The number of hydrogen-bond acceptors (Lipinski definition) is 6. The second-order valence-electron chi connectivity index (χ2n) is 16.1. The van der Waals surface area contributed by atoms with Crippen molar-refractivity contribution < 1.29 is 65.6 Å². The molecule has 0 fully saturated rings. The molecule has 0 aliphatic rings. The van der Waals surface area contributed by atoms with E-state index in [2.05, 4.69) is 0 Å². The van der Waals surface area contributed by atoms with Crippen LogP contribution in [0.1, 0.15) is 125 Å². The fraction of sp³-hybridized carbons (Fsp3) is 0.727. The van der Waals surface area contributed by atoms with Crippen LogP contribution in [0.5, 0.6) is 0 Å². The zero-order valence-electron chi connectivity index (χ0n) is 28.4. The predicted molar refractivity (Wildman–Crippen MR) is 160 cm³/mol. The Morgan fingerprint density at radius 3 is 0.400 bits per heavy atom. The van der Waals surface area contributed by atoms with Crippen LogP contribution in [0.15, 0.2) is 0 Å². The fourth-order valence-electron chi connectivity index (χ4n) is 1.66. The predicted octanol–water partition coefficient (Wildman–Crippen LogP) is 7.26. The number of carbonyl (C=O) groups excluding carboxylic acids is 6. The van der Waals surface area contributed by atoms with Crippen LogP contribution in [-0.2, 0) is 28.8 Å². The number of rotatable bonds is 6. The molecule has 0 radical (unpaired) electrons. The maximum Gasteiger partial charge on any atom is 3.00 e. The standard InChI is InChI=1S/3C11H19O2.Lu/c3*1-10(2,3)8(12)7-9(13)11(4,5)6;/h3*7H,1-6H3;/q3*-1;+3. The van der Waals surface area contributed by atoms with Gasteiger partial charge in [0.25, 0.3) is 0 Å². The summed E-state index contributed by atoms with van der Waals surface area (Å²) in [6.07, 6.45) is 3.67. The molecular formula is C33H57LuO6. The van der Waals surface area contributed by atoms with E-state index in [1.807, 2.05) is 125 Å². The largest absolute Gasteiger partial charge is 3.00 e. The Hall–Kier alpha value is -1.14. The molecule has 0 aliphatic carbocycles. The fourth-order valence-corrected chi connectivity index (χ4v) is 1.66. The Morgan fingerprint density at radius 1 is 0.275 bits per heavy atom. The smallest absolute Gasteiger partial charge is 0.333 e. The van der Waals surface area contributed by atoms with Gasteiger partial charge in [-0.3, -0.25) is 19.3 Å². The molecule has 0 saturated carbocycles. The Morgan fingerprint density at radius 2 is 0.350 bits per heavy atom. The topological polar surface area (TPSA) is 102 Å². The summed E-state index contributed by atoms with van der Waals surface area (Å²) in [6, 6.07) is 0. The molecule has 0 unspecified atom stereocenters. The molecule has 0 rings (SSSR count). The molecule has 0 spiro atoms. The van der Waals surface area contributed by atoms with E-state index in [9.17, 15) is 28.8 Å². The van der Waals surface area contributed by atoms with E-state index in [-0.39, 0.29) is 71.6 Å². The third-order valence-corrected chi connectivity index (χ3v) is 5.22. The first kappa shape index (κ1) is 45.8. The summed E-state index contributed by atoms with van der Waals surface area (Å²) in [5.41, 5.74) is -2.74. The van der Waals surface area contributed by atoms with Crippen LogP contribution in [0.4, 0.5) is 0 Å². The second kappa shape index (κ2) is 16.5. The summed E-state index contributed by atoms with van der Waals surface area (Å²) in [5.74, 6) is -0.625. The van der Waals surface area contributed by atoms with Gasteiger partial charge in [-0.1, -0.05) is 125 Å². The van der Waals surface area contributed by atoms with E-state index in [0.717, 1.165) is 0 Å². The molecule has 0 N–H and O–H groups in total. The molecule has 0 aromatic heterocycles. The van der Waals surface area contributed by atoms with Gasteiger partial charge in [0.15, 0.2) is 0 Å². The van der Waals surface area contributed by atoms with E-state index in [0.29, 0.717) is 0 Å². The summed E-state index contributed by atoms with van der Waals surface area (Å²) in [7, 11) is 0. The van der Waals surface area contributed by atoms with Gasteiger partial charge in [-0.25, -0.2) is 0 Å². The normalized spacial score (nSPS) is 12.2. The third kappa shape index (κ3) is 21.6. The van der Waals surface area contributed by atoms with Crippen LogP contribution in [0.25, 0.3) is 0 Å². The molecule has 0 saturated heterocycles. The molecule has 0 aromatic rings. The van der Waals surface area contributed by atoms with E-state index < -0.39 is 32.5 Å². The van der Waals surface area contributed by atoms with Crippen molar-refractivity contribution in [1.29, 1.82) is 0 Å². The summed E-state index contributed by atoms with van der Waals surface area (Å²) < 4.78 is 0. The van der Waals surface area contributed by atoms with Crippen molar-refractivity contribution in [3.05, 3.63) is 19.3 Å². The van der Waals surface area contributed by atoms with Crippen molar-refractivity contribution in [2.45, 2.75) is 125 Å². The van der Waals surface area contributed by atoms with Crippen molar-refractivity contribution in [2.24, 2.45) is 32.5 Å². The number of Topliss-reactive ketones (excluding diaryl/α,β-unsaturated/α-hetero) is 6. The molecule has 0 aliphatic heterocycles. The first-order chi connectivity index (χ1) is 16.6. The number of hydrogen-bond donors (Lipinski definition) is 0. The van der Waals surface area contributed by atoms with Crippen LogP contribution in [-0.4, -0.2) is 34.7 Å². The van der Waals surface area contributed by atoms with Crippen molar-refractivity contribution in [3.63, 3.8) is 0 Å². The van der Waals surface area contributed by atoms with E-state index in [4.69, 9.17) is 0 Å². The number of carbonyl (C=O) groups is 6. The monoisotopic (exact) mass is 724 g/mol. The first-order valence-corrected chi connectivity index (χ1v) is 13.5. The average molecular weight is 725 g/mol. The molecular weight excluding hydrogens is 667 g/mol. The van der Waals surface area contributed by atoms with E-state index in [1.165, 1.54) is 19.3 Å². The van der Waals surface area contributed by atoms with Crippen LogP contribution < -0.4 is 0 Å². The van der Waals surface area contributed by atoms with Crippen LogP contribution in [0, 0.1) is 88.6 Å². The zero-order chi connectivity index (χ0) is 32.6. The third-order valence-electron chi connectivity index (χ3n) is 5.22. The molecule has 40 heavy (non-hydrogen) atoms. The van der Waals surface area contributed by atoms with Crippen LogP contribution >= 0.6 is 0 Å². The van der Waals surface area contributed by atoms with Crippen LogP contribution in [0.2, 0.25) is 0 Å². The summed E-state index contributed by atoms with van der Waals surface area (Å²) in [4.78, 5) is 68.7. The minimum Gasteiger partial charge on any atom is -0.333 e. The zero-order valence-corrected chi connectivity index (χ0v) is 30.1. The molecule has 7 heteroatoms. The van der Waals surface area contributed by atoms with Crippen molar-refractivity contribution in [3.8, 4) is 0 Å². The van der Waals surface area contributed by atoms with E-state index >= 15 is 0 Å². The minimum atomic E-state index is -0.457. The van der Waals surface area contributed by atoms with Gasteiger partial charge in [0.1, 0.15) is 0 Å². The maximum atomic E-state index is 11.4. The molecule has 240 valence electrons. The molecule has 0 heterocycles. The van der Waals surface area contributed by atoms with Gasteiger partial charge in [0.2, 0.25) is 0 Å². The Kier molecular flexibility index (Phi) is 18.9. The van der Waals surface area contributed by atoms with Crippen molar-refractivity contribution in [1.82, 2.24) is 0 Å². The Bertz CT molecular complexity index is 693. The first-order valence-electron chi connectivity index (χ1n) is 13.5. The summed E-state index contributed by atoms with van der Waals surface area (Å²) in [5, 5.41) is 0. The maximum absolute atomic E-state index is 11.4. The van der Waals surface area contributed by atoms with Gasteiger partial charge in [0, 0.05) is 34.7 Å². The summed E-state index contributed by atoms with van der Waals surface area (Å²) >= 11 is 0. The van der Waals surface area contributed by atoms with Gasteiger partial charge in [-0.2, -0.15) is 0 Å². The van der Waals surface area contributed by atoms with E-state index in [1.54, 1.807) is 0 Å². The average Bonchev–Trinajstić information content (AvgIpc) is 2.64. The van der Waals surface area contributed by atoms with Gasteiger partial charge >= 0.3 is 36.9 Å². The quantitative estimate of drug-likeness (QED) is 0.211. The van der Waals surface area contributed by atoms with Crippen molar-refractivity contribution in [2.75, 3.05) is 0 Å². The SMILES string of the molecule is CC(C)(C)C(=O)[CH-]C(=O)C(C)(C)C.CC(C)(C)C(=O)[CH-]C(=O)C(C)(C)C.CC(C)(C)C(=O)[CH-]C(=O)C(C)(C)C.[Lu+3]. The molecule has 0 amide bonds. The molecule has 6 nitrogen and oxygen atoms in total.